The van der Waals surface area contributed by atoms with E-state index in [0.717, 1.165) is 6.61 Å². The van der Waals surface area contributed by atoms with Crippen LogP contribution in [0, 0.1) is 12.5 Å². The lowest BCUT2D eigenvalue weighted by Gasteiger charge is -2.19. The standard InChI is InChI=1S/C9H16O/c1-2-10-8-9-6-4-3-5-7-9/h9H,2-7H2,1H3. The first-order valence-corrected chi connectivity index (χ1v) is 4.31. The predicted molar refractivity (Wildman–Crippen MR) is 41.4 cm³/mol. The maximum absolute atomic E-state index is 5.12. The molecule has 58 valence electrons. The topological polar surface area (TPSA) is 9.23 Å². The second kappa shape index (κ2) is 4.73. The molecule has 0 heterocycles. The van der Waals surface area contributed by atoms with Crippen LogP contribution in [0.2, 0.25) is 0 Å². The Labute approximate surface area is 63.8 Å². The number of ether oxygens (including phenoxy) is 1. The van der Waals surface area contributed by atoms with E-state index < -0.39 is 0 Å². The third-order valence-corrected chi connectivity index (χ3v) is 2.00. The Morgan fingerprint density at radius 1 is 1.30 bits per heavy atom. The van der Waals surface area contributed by atoms with E-state index in [1.807, 2.05) is 6.92 Å². The molecule has 1 saturated carbocycles. The van der Waals surface area contributed by atoms with Gasteiger partial charge in [-0.3, -0.25) is 0 Å². The minimum absolute atomic E-state index is 0.633. The SMILES string of the molecule is CCO[C]C1CCCCC1. The van der Waals surface area contributed by atoms with E-state index in [0.29, 0.717) is 5.92 Å². The highest BCUT2D eigenvalue weighted by Gasteiger charge is 2.13. The van der Waals surface area contributed by atoms with Crippen molar-refractivity contribution in [1.82, 2.24) is 0 Å². The zero-order chi connectivity index (χ0) is 7.23. The highest BCUT2D eigenvalue weighted by atomic mass is 16.5. The van der Waals surface area contributed by atoms with Crippen LogP contribution in [0.5, 0.6) is 0 Å². The molecule has 1 aliphatic carbocycles. The Balaban J connectivity index is 2.02. The van der Waals surface area contributed by atoms with Gasteiger partial charge in [-0.1, -0.05) is 19.3 Å². The average molecular weight is 140 g/mol. The molecule has 0 aliphatic heterocycles. The highest BCUT2D eigenvalue weighted by molar-refractivity contribution is 4.71. The van der Waals surface area contributed by atoms with Gasteiger partial charge in [-0.25, -0.2) is 0 Å². The normalized spacial score (nSPS) is 21.3. The van der Waals surface area contributed by atoms with Crippen LogP contribution in [-0.2, 0) is 4.74 Å². The average Bonchev–Trinajstić information content (AvgIpc) is 2.03. The summed E-state index contributed by atoms with van der Waals surface area (Å²) in [6.45, 7) is 5.86. The van der Waals surface area contributed by atoms with E-state index in [2.05, 4.69) is 6.61 Å². The fourth-order valence-electron chi connectivity index (χ4n) is 1.42. The van der Waals surface area contributed by atoms with Gasteiger partial charge in [0.25, 0.3) is 0 Å². The minimum Gasteiger partial charge on any atom is -0.369 e. The van der Waals surface area contributed by atoms with Gasteiger partial charge in [0.05, 0.1) is 0 Å². The first-order chi connectivity index (χ1) is 4.93. The van der Waals surface area contributed by atoms with Gasteiger partial charge in [-0.15, -0.1) is 0 Å². The molecule has 0 saturated heterocycles. The molecule has 1 nitrogen and oxygen atoms in total. The van der Waals surface area contributed by atoms with Crippen LogP contribution in [0.3, 0.4) is 0 Å². The Kier molecular flexibility index (Phi) is 3.81. The van der Waals surface area contributed by atoms with Crippen molar-refractivity contribution in [1.29, 1.82) is 0 Å². The van der Waals surface area contributed by atoms with E-state index in [9.17, 15) is 0 Å². The molecule has 0 aromatic heterocycles. The zero-order valence-corrected chi connectivity index (χ0v) is 6.73. The number of hydrogen-bond donors (Lipinski definition) is 0. The minimum atomic E-state index is 0.633. The Hall–Kier alpha value is -0.0400. The van der Waals surface area contributed by atoms with Crippen molar-refractivity contribution >= 4 is 0 Å². The van der Waals surface area contributed by atoms with Crippen LogP contribution in [-0.4, -0.2) is 6.61 Å². The van der Waals surface area contributed by atoms with Crippen molar-refractivity contribution in [3.8, 4) is 0 Å². The predicted octanol–water partition coefficient (Wildman–Crippen LogP) is 2.64. The summed E-state index contributed by atoms with van der Waals surface area (Å²) in [5.74, 6) is 0.633. The van der Waals surface area contributed by atoms with Crippen molar-refractivity contribution < 1.29 is 4.74 Å². The van der Waals surface area contributed by atoms with Gasteiger partial charge in [-0.2, -0.15) is 0 Å². The van der Waals surface area contributed by atoms with Gasteiger partial charge >= 0.3 is 0 Å². The zero-order valence-electron chi connectivity index (χ0n) is 6.73. The molecule has 0 unspecified atom stereocenters. The summed E-state index contributed by atoms with van der Waals surface area (Å²) in [4.78, 5) is 0. The molecule has 0 bridgehead atoms. The van der Waals surface area contributed by atoms with Gasteiger partial charge < -0.3 is 4.74 Å². The molecule has 1 heteroatoms. The number of rotatable bonds is 3. The molecule has 0 spiro atoms. The molecule has 0 aromatic rings. The van der Waals surface area contributed by atoms with Crippen molar-refractivity contribution in [3.05, 3.63) is 6.61 Å². The van der Waals surface area contributed by atoms with Crippen molar-refractivity contribution in [2.24, 2.45) is 5.92 Å². The largest absolute Gasteiger partial charge is 0.369 e. The lowest BCUT2D eigenvalue weighted by atomic mass is 9.90. The summed E-state index contributed by atoms with van der Waals surface area (Å²) >= 11 is 0. The first kappa shape index (κ1) is 8.06. The van der Waals surface area contributed by atoms with Gasteiger partial charge in [0.2, 0.25) is 0 Å². The van der Waals surface area contributed by atoms with Crippen molar-refractivity contribution in [2.45, 2.75) is 39.0 Å². The lowest BCUT2D eigenvalue weighted by Crippen LogP contribution is -2.08. The van der Waals surface area contributed by atoms with Gasteiger partial charge in [0, 0.05) is 6.61 Å². The van der Waals surface area contributed by atoms with Crippen LogP contribution in [0.15, 0.2) is 0 Å². The highest BCUT2D eigenvalue weighted by Crippen LogP contribution is 2.25. The molecule has 0 N–H and O–H groups in total. The summed E-state index contributed by atoms with van der Waals surface area (Å²) in [6, 6.07) is 0. The van der Waals surface area contributed by atoms with Gasteiger partial charge in [0.1, 0.15) is 6.61 Å². The van der Waals surface area contributed by atoms with Gasteiger partial charge in [-0.05, 0) is 25.7 Å². The summed E-state index contributed by atoms with van der Waals surface area (Å²) in [5, 5.41) is 0. The fraction of sp³-hybridized carbons (Fsp3) is 0.889. The van der Waals surface area contributed by atoms with Crippen LogP contribution in [0.1, 0.15) is 39.0 Å². The molecule has 0 aromatic carbocycles. The smallest absolute Gasteiger partial charge is 0.135 e. The molecular formula is C9H16O. The maximum atomic E-state index is 5.12. The van der Waals surface area contributed by atoms with E-state index in [1.165, 1.54) is 32.1 Å². The quantitative estimate of drug-likeness (QED) is 0.585. The van der Waals surface area contributed by atoms with Crippen LogP contribution < -0.4 is 0 Å². The third kappa shape index (κ3) is 2.70. The van der Waals surface area contributed by atoms with Crippen molar-refractivity contribution in [2.75, 3.05) is 6.61 Å². The summed E-state index contributed by atoms with van der Waals surface area (Å²) in [7, 11) is 0. The maximum Gasteiger partial charge on any atom is 0.135 e. The summed E-state index contributed by atoms with van der Waals surface area (Å²) in [6.07, 6.45) is 6.72. The summed E-state index contributed by atoms with van der Waals surface area (Å²) < 4.78 is 5.12. The fourth-order valence-corrected chi connectivity index (χ4v) is 1.42. The molecule has 10 heavy (non-hydrogen) atoms. The first-order valence-electron chi connectivity index (χ1n) is 4.31. The number of hydrogen-bond acceptors (Lipinski definition) is 1. The second-order valence-electron chi connectivity index (χ2n) is 2.89. The second-order valence-corrected chi connectivity index (χ2v) is 2.89. The van der Waals surface area contributed by atoms with Gasteiger partial charge in [0.15, 0.2) is 0 Å². The van der Waals surface area contributed by atoms with Crippen LogP contribution >= 0.6 is 0 Å². The Bertz CT molecular complexity index is 74.8. The van der Waals surface area contributed by atoms with E-state index in [4.69, 9.17) is 4.74 Å². The molecule has 1 aliphatic rings. The molecule has 1 fully saturated rings. The van der Waals surface area contributed by atoms with E-state index in [-0.39, 0.29) is 0 Å². The molecular weight excluding hydrogens is 124 g/mol. The lowest BCUT2D eigenvalue weighted by molar-refractivity contribution is 0.160. The summed E-state index contributed by atoms with van der Waals surface area (Å²) in [5.41, 5.74) is 0. The van der Waals surface area contributed by atoms with E-state index in [1.54, 1.807) is 0 Å². The Morgan fingerprint density at radius 3 is 2.60 bits per heavy atom. The van der Waals surface area contributed by atoms with Crippen LogP contribution in [0.4, 0.5) is 0 Å². The Morgan fingerprint density at radius 2 is 2.00 bits per heavy atom. The molecule has 0 amide bonds. The molecule has 2 radical (unpaired) electrons. The molecule has 1 rings (SSSR count). The monoisotopic (exact) mass is 140 g/mol. The van der Waals surface area contributed by atoms with Crippen LogP contribution in [0.25, 0.3) is 0 Å². The van der Waals surface area contributed by atoms with Crippen molar-refractivity contribution in [3.63, 3.8) is 0 Å². The molecule has 0 atom stereocenters. The third-order valence-electron chi connectivity index (χ3n) is 2.00. The van der Waals surface area contributed by atoms with E-state index >= 15 is 0 Å².